The average Bonchev–Trinajstić information content (AvgIpc) is 2.67. The third-order valence-electron chi connectivity index (χ3n) is 4.88. The summed E-state index contributed by atoms with van der Waals surface area (Å²) in [5, 5.41) is 0. The van der Waals surface area contributed by atoms with Crippen LogP contribution in [0.25, 0.3) is 5.83 Å². The number of hydrogen-bond donors (Lipinski definition) is 0. The number of aromatic nitrogens is 1. The normalized spacial score (nSPS) is 15.0. The Labute approximate surface area is 160 Å². The summed E-state index contributed by atoms with van der Waals surface area (Å²) in [6.45, 7) is 4.53. The van der Waals surface area contributed by atoms with Crippen LogP contribution >= 0.6 is 0 Å². The van der Waals surface area contributed by atoms with Crippen molar-refractivity contribution in [1.29, 1.82) is 0 Å². The predicted molar refractivity (Wildman–Crippen MR) is 98.0 cm³/mol. The summed E-state index contributed by atoms with van der Waals surface area (Å²) in [5.74, 6) is -4.94. The molecule has 1 aromatic carbocycles. The Morgan fingerprint density at radius 1 is 1.11 bits per heavy atom. The molecule has 1 saturated heterocycles. The minimum atomic E-state index is -1.27. The highest BCUT2D eigenvalue weighted by Gasteiger charge is 2.21. The van der Waals surface area contributed by atoms with Gasteiger partial charge in [-0.3, -0.25) is 4.79 Å². The number of hydrogen-bond acceptors (Lipinski definition) is 3. The molecule has 2 heterocycles. The molecule has 1 aliphatic heterocycles. The second-order valence-corrected chi connectivity index (χ2v) is 6.71. The molecule has 28 heavy (non-hydrogen) atoms. The maximum Gasteiger partial charge on any atom is 0.174 e. The lowest BCUT2D eigenvalue weighted by Gasteiger charge is -2.27. The fraction of sp³-hybridized carbons (Fsp3) is 0.333. The summed E-state index contributed by atoms with van der Waals surface area (Å²) in [4.78, 5) is 18.6. The lowest BCUT2D eigenvalue weighted by atomic mass is 10.0. The zero-order valence-electron chi connectivity index (χ0n) is 15.4. The molecule has 0 saturated carbocycles. The highest BCUT2D eigenvalue weighted by atomic mass is 19.1. The Hall–Kier alpha value is -2.54. The Bertz CT molecular complexity index is 893. The van der Waals surface area contributed by atoms with E-state index in [1.54, 1.807) is 6.07 Å². The minimum absolute atomic E-state index is 0.102. The Morgan fingerprint density at radius 3 is 2.36 bits per heavy atom. The van der Waals surface area contributed by atoms with Crippen LogP contribution < -0.4 is 0 Å². The number of halogens is 4. The van der Waals surface area contributed by atoms with Crippen LogP contribution in [0.4, 0.5) is 17.6 Å². The van der Waals surface area contributed by atoms with Crippen molar-refractivity contribution in [3.63, 3.8) is 0 Å². The summed E-state index contributed by atoms with van der Waals surface area (Å²) in [7, 11) is 0. The zero-order valence-corrected chi connectivity index (χ0v) is 15.4. The van der Waals surface area contributed by atoms with E-state index in [4.69, 9.17) is 0 Å². The average molecular weight is 392 g/mol. The van der Waals surface area contributed by atoms with E-state index >= 15 is 0 Å². The van der Waals surface area contributed by atoms with E-state index in [0.29, 0.717) is 30.5 Å². The molecule has 3 rings (SSSR count). The molecule has 1 aliphatic rings. The fourth-order valence-electron chi connectivity index (χ4n) is 3.30. The predicted octanol–water partition coefficient (Wildman–Crippen LogP) is 4.72. The summed E-state index contributed by atoms with van der Waals surface area (Å²) < 4.78 is 55.4. The first-order valence-electron chi connectivity index (χ1n) is 9.13. The Morgan fingerprint density at radius 2 is 1.75 bits per heavy atom. The third-order valence-corrected chi connectivity index (χ3v) is 4.88. The second-order valence-electron chi connectivity index (χ2n) is 6.71. The van der Waals surface area contributed by atoms with E-state index in [1.165, 1.54) is 12.1 Å². The number of carbonyl (C=O) groups is 1. The Kier molecular flexibility index (Phi) is 6.24. The van der Waals surface area contributed by atoms with Gasteiger partial charge in [0.05, 0.1) is 17.7 Å². The third kappa shape index (κ3) is 4.47. The number of benzene rings is 1. The maximum atomic E-state index is 14.8. The molecule has 0 bridgehead atoms. The van der Waals surface area contributed by atoms with Gasteiger partial charge in [0.15, 0.2) is 5.78 Å². The molecule has 0 spiro atoms. The van der Waals surface area contributed by atoms with Crippen LogP contribution in [-0.2, 0) is 6.42 Å². The van der Waals surface area contributed by atoms with Crippen molar-refractivity contribution in [2.24, 2.45) is 0 Å². The number of rotatable bonds is 5. The van der Waals surface area contributed by atoms with Gasteiger partial charge >= 0.3 is 0 Å². The molecule has 0 N–H and O–H groups in total. The molecule has 3 nitrogen and oxygen atoms in total. The summed E-state index contributed by atoms with van der Waals surface area (Å²) in [6, 6.07) is 5.43. The van der Waals surface area contributed by atoms with Crippen LogP contribution in [0.2, 0.25) is 0 Å². The largest absolute Gasteiger partial charge is 0.303 e. The van der Waals surface area contributed by atoms with Crippen molar-refractivity contribution >= 4 is 11.6 Å². The number of carbonyl (C=O) groups excluding carboxylic acids is 1. The van der Waals surface area contributed by atoms with E-state index in [2.05, 4.69) is 16.8 Å². The van der Waals surface area contributed by atoms with E-state index in [-0.39, 0.29) is 11.4 Å². The molecule has 7 heteroatoms. The zero-order chi connectivity index (χ0) is 20.3. The van der Waals surface area contributed by atoms with Crippen LogP contribution in [0.15, 0.2) is 35.9 Å². The van der Waals surface area contributed by atoms with Gasteiger partial charge in [0.2, 0.25) is 0 Å². The van der Waals surface area contributed by atoms with Crippen molar-refractivity contribution in [3.8, 4) is 0 Å². The molecule has 0 unspecified atom stereocenters. The van der Waals surface area contributed by atoms with Crippen molar-refractivity contribution in [2.75, 3.05) is 19.6 Å². The van der Waals surface area contributed by atoms with Crippen molar-refractivity contribution in [1.82, 2.24) is 9.88 Å². The van der Waals surface area contributed by atoms with Crippen LogP contribution in [0.1, 0.15) is 41.5 Å². The summed E-state index contributed by atoms with van der Waals surface area (Å²) >= 11 is 0. The van der Waals surface area contributed by atoms with Gasteiger partial charge < -0.3 is 4.90 Å². The van der Waals surface area contributed by atoms with Gasteiger partial charge in [-0.1, -0.05) is 13.0 Å². The van der Waals surface area contributed by atoms with Crippen LogP contribution in [0.3, 0.4) is 0 Å². The smallest absolute Gasteiger partial charge is 0.174 e. The fourth-order valence-corrected chi connectivity index (χ4v) is 3.30. The molecule has 148 valence electrons. The van der Waals surface area contributed by atoms with Gasteiger partial charge in [0, 0.05) is 30.9 Å². The lowest BCUT2D eigenvalue weighted by molar-refractivity contribution is 0.0983. The summed E-state index contributed by atoms with van der Waals surface area (Å²) in [5.41, 5.74) is 0.147. The first kappa shape index (κ1) is 20.2. The molecular weight excluding hydrogens is 372 g/mol. The van der Waals surface area contributed by atoms with Crippen molar-refractivity contribution in [3.05, 3.63) is 70.3 Å². The van der Waals surface area contributed by atoms with Gasteiger partial charge in [0.1, 0.15) is 23.3 Å². The highest BCUT2D eigenvalue weighted by molar-refractivity contribution is 5.97. The highest BCUT2D eigenvalue weighted by Crippen LogP contribution is 2.27. The van der Waals surface area contributed by atoms with Gasteiger partial charge in [-0.05, 0) is 37.1 Å². The Balaban J connectivity index is 1.80. The molecular formula is C21H20F4N2O. The molecule has 2 aromatic rings. The maximum absolute atomic E-state index is 14.8. The number of likely N-dealkylation sites (tertiary alicyclic amines) is 1. The molecule has 1 aromatic heterocycles. The molecule has 1 fully saturated rings. The van der Waals surface area contributed by atoms with Crippen molar-refractivity contribution < 1.29 is 22.4 Å². The molecule has 0 radical (unpaired) electrons. The first-order valence-corrected chi connectivity index (χ1v) is 9.13. The number of Topliss-reactive ketones (excluding diaryl/α,β-unsaturated/α-hetero) is 1. The lowest BCUT2D eigenvalue weighted by Crippen LogP contribution is -2.30. The van der Waals surface area contributed by atoms with E-state index in [0.717, 1.165) is 19.6 Å². The minimum Gasteiger partial charge on any atom is -0.303 e. The number of nitrogens with zero attached hydrogens (tertiary/aromatic N) is 2. The molecule has 0 amide bonds. The van der Waals surface area contributed by atoms with Gasteiger partial charge in [-0.15, -0.1) is 0 Å². The molecule has 0 aliphatic carbocycles. The van der Waals surface area contributed by atoms with Gasteiger partial charge in [-0.25, -0.2) is 22.5 Å². The van der Waals surface area contributed by atoms with E-state index in [1.807, 2.05) is 0 Å². The van der Waals surface area contributed by atoms with Crippen LogP contribution in [-0.4, -0.2) is 35.3 Å². The van der Waals surface area contributed by atoms with E-state index in [9.17, 15) is 22.4 Å². The second kappa shape index (κ2) is 8.65. The molecule has 0 atom stereocenters. The first-order chi connectivity index (χ1) is 13.4. The van der Waals surface area contributed by atoms with Gasteiger partial charge in [-0.2, -0.15) is 0 Å². The number of piperidine rings is 1. The van der Waals surface area contributed by atoms with Crippen LogP contribution in [0.5, 0.6) is 0 Å². The van der Waals surface area contributed by atoms with Crippen molar-refractivity contribution in [2.45, 2.75) is 26.2 Å². The monoisotopic (exact) mass is 392 g/mol. The summed E-state index contributed by atoms with van der Waals surface area (Å²) in [6.07, 6.45) is 0.798. The standard InChI is InChI=1S/C21H20F4N2O/c1-2-27-8-6-13(7-9-27)21(25)18-5-3-4-15(26-18)12-19(28)20-16(23)10-14(22)11-17(20)24/h3-5,10-11H,2,6-9,12H2,1H3. The SMILES string of the molecule is CCN1CCC(=C(F)c2cccc(CC(=O)c3c(F)cc(F)cc3F)n2)CC1. The van der Waals surface area contributed by atoms with E-state index < -0.39 is 41.0 Å². The van der Waals surface area contributed by atoms with Crippen LogP contribution in [0, 0.1) is 17.5 Å². The topological polar surface area (TPSA) is 33.2 Å². The van der Waals surface area contributed by atoms with Gasteiger partial charge in [0.25, 0.3) is 0 Å². The number of pyridine rings is 1. The number of ketones is 1. The quantitative estimate of drug-likeness (QED) is 0.545.